The Hall–Kier alpha value is -2.91. The second-order valence-electron chi connectivity index (χ2n) is 8.87. The zero-order valence-electron chi connectivity index (χ0n) is 18.6. The highest BCUT2D eigenvalue weighted by Crippen LogP contribution is 2.35. The third-order valence-electron chi connectivity index (χ3n) is 6.70. The average Bonchev–Trinajstić information content (AvgIpc) is 3.46. The summed E-state index contributed by atoms with van der Waals surface area (Å²) in [6.07, 6.45) is 0.998. The van der Waals surface area contributed by atoms with Crippen molar-refractivity contribution >= 4 is 28.6 Å². The van der Waals surface area contributed by atoms with Crippen LogP contribution in [0.15, 0.2) is 18.2 Å². The maximum absolute atomic E-state index is 5.69. The van der Waals surface area contributed by atoms with Gasteiger partial charge in [-0.2, -0.15) is 9.97 Å². The Morgan fingerprint density at radius 2 is 1.75 bits per heavy atom. The number of aromatic amines is 1. The van der Waals surface area contributed by atoms with Crippen molar-refractivity contribution in [1.82, 2.24) is 19.9 Å². The van der Waals surface area contributed by atoms with Gasteiger partial charge in [0.2, 0.25) is 5.95 Å². The summed E-state index contributed by atoms with van der Waals surface area (Å²) >= 11 is 0. The van der Waals surface area contributed by atoms with Crippen LogP contribution in [0.1, 0.15) is 19.4 Å². The molecule has 32 heavy (non-hydrogen) atoms. The number of ether oxygens (including phenoxy) is 2. The lowest BCUT2D eigenvalue weighted by Gasteiger charge is -2.36. The lowest BCUT2D eigenvalue weighted by Crippen LogP contribution is -2.46. The first-order chi connectivity index (χ1) is 15.7. The van der Waals surface area contributed by atoms with Crippen molar-refractivity contribution in [3.05, 3.63) is 23.8 Å². The second-order valence-corrected chi connectivity index (χ2v) is 8.87. The lowest BCUT2D eigenvalue weighted by molar-refractivity contribution is 0.0973. The summed E-state index contributed by atoms with van der Waals surface area (Å²) in [5, 5.41) is 3.46. The number of fused-ring (bicyclic) bond motifs is 2. The SMILES string of the molecule is C[C@@H]1COCCN1c1nc(N2CCOC[C@@H]2C)nc2[nH]c(-c3cccc4c3CCN4)nc12. The predicted molar refractivity (Wildman–Crippen MR) is 125 cm³/mol. The Morgan fingerprint density at radius 1 is 0.969 bits per heavy atom. The highest BCUT2D eigenvalue weighted by molar-refractivity contribution is 5.88. The van der Waals surface area contributed by atoms with E-state index in [0.717, 1.165) is 60.4 Å². The van der Waals surface area contributed by atoms with Crippen molar-refractivity contribution < 1.29 is 9.47 Å². The first-order valence-corrected chi connectivity index (χ1v) is 11.5. The van der Waals surface area contributed by atoms with E-state index in [2.05, 4.69) is 52.1 Å². The Kier molecular flexibility index (Phi) is 4.87. The number of morpholine rings is 2. The smallest absolute Gasteiger partial charge is 0.229 e. The van der Waals surface area contributed by atoms with Crippen LogP contribution >= 0.6 is 0 Å². The van der Waals surface area contributed by atoms with E-state index in [9.17, 15) is 0 Å². The van der Waals surface area contributed by atoms with Crippen molar-refractivity contribution in [2.45, 2.75) is 32.4 Å². The van der Waals surface area contributed by atoms with Crippen LogP contribution in [0.5, 0.6) is 0 Å². The molecule has 0 unspecified atom stereocenters. The second kappa shape index (κ2) is 7.90. The normalized spacial score (nSPS) is 23.4. The first kappa shape index (κ1) is 19.8. The standard InChI is InChI=1S/C23H29N7O2/c1-14-12-31-10-8-29(14)22-19-21(27-23(28-22)30-9-11-32-13-15(30)2)26-20(25-19)17-4-3-5-18-16(17)6-7-24-18/h3-5,14-15,24H,6-13H2,1-2H3,(H,25,26,27,28)/t14-,15+/m1/s1. The number of hydrogen-bond acceptors (Lipinski definition) is 8. The minimum atomic E-state index is 0.224. The molecule has 3 aliphatic rings. The molecule has 2 aromatic heterocycles. The fourth-order valence-corrected chi connectivity index (χ4v) is 4.96. The average molecular weight is 436 g/mol. The summed E-state index contributed by atoms with van der Waals surface area (Å²) in [6.45, 7) is 9.60. The van der Waals surface area contributed by atoms with Gasteiger partial charge < -0.3 is 29.6 Å². The van der Waals surface area contributed by atoms with Crippen molar-refractivity contribution in [1.29, 1.82) is 0 Å². The minimum Gasteiger partial charge on any atom is -0.384 e. The quantitative estimate of drug-likeness (QED) is 0.648. The fraction of sp³-hybridized carbons (Fsp3) is 0.522. The van der Waals surface area contributed by atoms with Gasteiger partial charge in [0.25, 0.3) is 0 Å². The Bertz CT molecular complexity index is 1150. The van der Waals surface area contributed by atoms with Crippen LogP contribution in [-0.4, -0.2) is 78.1 Å². The number of H-pyrrole nitrogens is 1. The molecule has 168 valence electrons. The molecule has 2 saturated heterocycles. The van der Waals surface area contributed by atoms with Gasteiger partial charge in [0.1, 0.15) is 5.82 Å². The number of nitrogens with one attached hydrogen (secondary N) is 2. The maximum atomic E-state index is 5.69. The Morgan fingerprint density at radius 3 is 2.53 bits per heavy atom. The van der Waals surface area contributed by atoms with Crippen LogP contribution in [0.25, 0.3) is 22.6 Å². The number of imidazole rings is 1. The topological polar surface area (TPSA) is 91.4 Å². The summed E-state index contributed by atoms with van der Waals surface area (Å²) in [5.41, 5.74) is 5.23. The van der Waals surface area contributed by atoms with Gasteiger partial charge in [-0.15, -0.1) is 0 Å². The van der Waals surface area contributed by atoms with E-state index in [1.807, 2.05) is 0 Å². The molecule has 3 aromatic rings. The van der Waals surface area contributed by atoms with E-state index < -0.39 is 0 Å². The number of aromatic nitrogens is 4. The van der Waals surface area contributed by atoms with Crippen LogP contribution < -0.4 is 15.1 Å². The zero-order valence-corrected chi connectivity index (χ0v) is 18.6. The van der Waals surface area contributed by atoms with Crippen molar-refractivity contribution in [3.8, 4) is 11.4 Å². The molecule has 5 heterocycles. The summed E-state index contributed by atoms with van der Waals surface area (Å²) < 4.78 is 11.3. The predicted octanol–water partition coefficient (Wildman–Crippen LogP) is 2.44. The number of hydrogen-bond donors (Lipinski definition) is 2. The van der Waals surface area contributed by atoms with Crippen LogP contribution in [0, 0.1) is 0 Å². The molecule has 1 aromatic carbocycles. The Labute approximate surface area is 187 Å². The van der Waals surface area contributed by atoms with Crippen molar-refractivity contribution in [2.24, 2.45) is 0 Å². The third-order valence-corrected chi connectivity index (χ3v) is 6.70. The van der Waals surface area contributed by atoms with Gasteiger partial charge in [0, 0.05) is 30.9 Å². The van der Waals surface area contributed by atoms with Gasteiger partial charge in [-0.25, -0.2) is 4.98 Å². The maximum Gasteiger partial charge on any atom is 0.229 e. The monoisotopic (exact) mass is 435 g/mol. The highest BCUT2D eigenvalue weighted by atomic mass is 16.5. The summed E-state index contributed by atoms with van der Waals surface area (Å²) in [6, 6.07) is 6.80. The van der Waals surface area contributed by atoms with Crippen LogP contribution in [-0.2, 0) is 15.9 Å². The molecular weight excluding hydrogens is 406 g/mol. The molecule has 0 radical (unpaired) electrons. The van der Waals surface area contributed by atoms with Gasteiger partial charge in [0.05, 0.1) is 38.5 Å². The fourth-order valence-electron chi connectivity index (χ4n) is 4.96. The highest BCUT2D eigenvalue weighted by Gasteiger charge is 2.29. The van der Waals surface area contributed by atoms with Gasteiger partial charge in [-0.05, 0) is 31.9 Å². The van der Waals surface area contributed by atoms with Crippen LogP contribution in [0.4, 0.5) is 17.5 Å². The molecule has 0 spiro atoms. The van der Waals surface area contributed by atoms with Gasteiger partial charge >= 0.3 is 0 Å². The van der Waals surface area contributed by atoms with Gasteiger partial charge in [-0.1, -0.05) is 12.1 Å². The van der Waals surface area contributed by atoms with E-state index in [4.69, 9.17) is 24.4 Å². The molecule has 0 amide bonds. The van der Waals surface area contributed by atoms with E-state index in [1.54, 1.807) is 0 Å². The van der Waals surface area contributed by atoms with E-state index in [-0.39, 0.29) is 12.1 Å². The lowest BCUT2D eigenvalue weighted by atomic mass is 10.0. The largest absolute Gasteiger partial charge is 0.384 e. The van der Waals surface area contributed by atoms with E-state index in [0.29, 0.717) is 26.4 Å². The summed E-state index contributed by atoms with van der Waals surface area (Å²) in [5.74, 6) is 2.47. The molecule has 6 rings (SSSR count). The zero-order chi connectivity index (χ0) is 21.7. The number of nitrogens with zero attached hydrogens (tertiary/aromatic N) is 5. The summed E-state index contributed by atoms with van der Waals surface area (Å²) in [4.78, 5) is 23.1. The molecular formula is C23H29N7O2. The van der Waals surface area contributed by atoms with E-state index in [1.165, 1.54) is 11.3 Å². The summed E-state index contributed by atoms with van der Waals surface area (Å²) in [7, 11) is 0. The molecule has 0 aliphatic carbocycles. The van der Waals surface area contributed by atoms with Crippen LogP contribution in [0.3, 0.4) is 0 Å². The molecule has 0 bridgehead atoms. The molecule has 2 fully saturated rings. The van der Waals surface area contributed by atoms with Crippen molar-refractivity contribution in [2.75, 3.05) is 61.2 Å². The molecule has 0 saturated carbocycles. The molecule has 2 N–H and O–H groups in total. The number of benzene rings is 1. The molecule has 2 atom stereocenters. The van der Waals surface area contributed by atoms with Crippen molar-refractivity contribution in [3.63, 3.8) is 0 Å². The third kappa shape index (κ3) is 3.27. The van der Waals surface area contributed by atoms with Gasteiger partial charge in [-0.3, -0.25) is 0 Å². The van der Waals surface area contributed by atoms with Crippen LogP contribution in [0.2, 0.25) is 0 Å². The van der Waals surface area contributed by atoms with Gasteiger partial charge in [0.15, 0.2) is 17.0 Å². The number of anilines is 3. The Balaban J connectivity index is 1.51. The van der Waals surface area contributed by atoms with E-state index >= 15 is 0 Å². The first-order valence-electron chi connectivity index (χ1n) is 11.5. The number of rotatable bonds is 3. The molecule has 9 nitrogen and oxygen atoms in total. The molecule has 9 heteroatoms. The minimum absolute atomic E-state index is 0.224. The molecule has 3 aliphatic heterocycles.